The third-order valence-electron chi connectivity index (χ3n) is 5.36. The normalized spacial score (nSPS) is 22.0. The highest BCUT2D eigenvalue weighted by atomic mass is 16.5. The maximum Gasteiger partial charge on any atom is 0.273 e. The van der Waals surface area contributed by atoms with Crippen LogP contribution in [0.4, 0.5) is 0 Å². The van der Waals surface area contributed by atoms with Gasteiger partial charge in [0, 0.05) is 31.1 Å². The van der Waals surface area contributed by atoms with Crippen molar-refractivity contribution in [3.05, 3.63) is 53.4 Å². The maximum atomic E-state index is 12.4. The van der Waals surface area contributed by atoms with E-state index in [-0.39, 0.29) is 11.9 Å². The molecule has 5 heteroatoms. The van der Waals surface area contributed by atoms with Crippen LogP contribution in [0.2, 0.25) is 0 Å². The van der Waals surface area contributed by atoms with Gasteiger partial charge in [0.1, 0.15) is 5.76 Å². The van der Waals surface area contributed by atoms with Crippen LogP contribution >= 0.6 is 0 Å². The fourth-order valence-corrected chi connectivity index (χ4v) is 3.61. The van der Waals surface area contributed by atoms with Crippen molar-refractivity contribution in [1.82, 2.24) is 15.4 Å². The molecule has 5 nitrogen and oxygen atoms in total. The Morgan fingerprint density at radius 2 is 2.12 bits per heavy atom. The Bertz CT molecular complexity index is 724. The van der Waals surface area contributed by atoms with E-state index in [2.05, 4.69) is 46.6 Å². The molecule has 1 saturated carbocycles. The molecule has 2 aliphatic rings. The minimum atomic E-state index is -0.121. The summed E-state index contributed by atoms with van der Waals surface area (Å²) in [6.07, 6.45) is 3.40. The van der Waals surface area contributed by atoms with Gasteiger partial charge >= 0.3 is 0 Å². The molecule has 132 valence electrons. The summed E-state index contributed by atoms with van der Waals surface area (Å²) < 4.78 is 5.28. The van der Waals surface area contributed by atoms with E-state index in [1.165, 1.54) is 5.56 Å². The molecule has 1 aliphatic heterocycles. The Hall–Kier alpha value is -2.14. The Kier molecular flexibility index (Phi) is 4.57. The fourth-order valence-electron chi connectivity index (χ4n) is 3.61. The summed E-state index contributed by atoms with van der Waals surface area (Å²) >= 11 is 0. The molecule has 2 unspecified atom stereocenters. The van der Waals surface area contributed by atoms with Crippen molar-refractivity contribution >= 4 is 5.91 Å². The molecule has 2 heterocycles. The molecule has 1 saturated heterocycles. The third kappa shape index (κ3) is 3.93. The average Bonchev–Trinajstić information content (AvgIpc) is 3.16. The third-order valence-corrected chi connectivity index (χ3v) is 5.36. The molecule has 25 heavy (non-hydrogen) atoms. The predicted molar refractivity (Wildman–Crippen MR) is 95.2 cm³/mol. The van der Waals surface area contributed by atoms with E-state index in [0.717, 1.165) is 44.7 Å². The summed E-state index contributed by atoms with van der Waals surface area (Å²) in [6.45, 7) is 5.17. The van der Waals surface area contributed by atoms with Gasteiger partial charge < -0.3 is 9.84 Å². The first-order chi connectivity index (χ1) is 12.2. The molecular formula is C20H25N3O2. The molecular weight excluding hydrogens is 314 g/mol. The molecule has 0 spiro atoms. The lowest BCUT2D eigenvalue weighted by atomic mass is 10.0. The first-order valence-electron chi connectivity index (χ1n) is 9.23. The average molecular weight is 339 g/mol. The molecule has 2 aromatic rings. The van der Waals surface area contributed by atoms with Gasteiger partial charge in [0.25, 0.3) is 5.91 Å². The lowest BCUT2D eigenvalue weighted by Crippen LogP contribution is -2.39. The van der Waals surface area contributed by atoms with Crippen LogP contribution in [0.25, 0.3) is 0 Å². The van der Waals surface area contributed by atoms with Crippen molar-refractivity contribution < 1.29 is 9.32 Å². The van der Waals surface area contributed by atoms with Crippen molar-refractivity contribution in [1.29, 1.82) is 0 Å². The number of carbonyl (C=O) groups excluding carboxylic acids is 1. The largest absolute Gasteiger partial charge is 0.360 e. The topological polar surface area (TPSA) is 58.4 Å². The van der Waals surface area contributed by atoms with Crippen molar-refractivity contribution in [3.8, 4) is 0 Å². The van der Waals surface area contributed by atoms with Crippen molar-refractivity contribution in [3.63, 3.8) is 0 Å². The summed E-state index contributed by atoms with van der Waals surface area (Å²) in [7, 11) is 0. The van der Waals surface area contributed by atoms with E-state index in [9.17, 15) is 4.79 Å². The fraction of sp³-hybridized carbons (Fsp3) is 0.500. The van der Waals surface area contributed by atoms with Crippen LogP contribution in [0.15, 0.2) is 40.9 Å². The Morgan fingerprint density at radius 3 is 2.88 bits per heavy atom. The first kappa shape index (κ1) is 16.3. The second-order valence-corrected chi connectivity index (χ2v) is 7.42. The minimum absolute atomic E-state index is 0.121. The van der Waals surface area contributed by atoms with E-state index in [4.69, 9.17) is 4.52 Å². The smallest absolute Gasteiger partial charge is 0.273 e. The second kappa shape index (κ2) is 7.00. The van der Waals surface area contributed by atoms with E-state index >= 15 is 0 Å². The summed E-state index contributed by atoms with van der Waals surface area (Å²) in [5.41, 5.74) is 1.75. The molecule has 1 N–H and O–H groups in total. The summed E-state index contributed by atoms with van der Waals surface area (Å²) in [5, 5.41) is 7.04. The number of aromatic nitrogens is 1. The number of amides is 1. The van der Waals surface area contributed by atoms with Gasteiger partial charge in [-0.25, -0.2) is 0 Å². The van der Waals surface area contributed by atoms with Gasteiger partial charge in [-0.2, -0.15) is 0 Å². The highest BCUT2D eigenvalue weighted by Crippen LogP contribution is 2.40. The van der Waals surface area contributed by atoms with Gasteiger partial charge in [-0.15, -0.1) is 0 Å². The number of rotatable bonds is 6. The number of likely N-dealkylation sites (tertiary alicyclic amines) is 1. The minimum Gasteiger partial charge on any atom is -0.360 e. The number of carbonyl (C=O) groups is 1. The van der Waals surface area contributed by atoms with E-state index in [1.807, 2.05) is 6.07 Å². The Labute approximate surface area is 148 Å². The molecule has 1 amide bonds. The van der Waals surface area contributed by atoms with Gasteiger partial charge in [-0.05, 0) is 44.2 Å². The number of hydrogen-bond acceptors (Lipinski definition) is 4. The summed E-state index contributed by atoms with van der Waals surface area (Å²) in [4.78, 5) is 14.9. The number of nitrogens with one attached hydrogen (secondary N) is 1. The molecule has 0 bridgehead atoms. The van der Waals surface area contributed by atoms with E-state index in [1.54, 1.807) is 6.07 Å². The van der Waals surface area contributed by atoms with Crippen LogP contribution in [0.3, 0.4) is 0 Å². The molecule has 0 radical (unpaired) electrons. The number of benzene rings is 1. The van der Waals surface area contributed by atoms with Crippen molar-refractivity contribution in [2.45, 2.75) is 44.7 Å². The zero-order valence-electron chi connectivity index (χ0n) is 14.6. The van der Waals surface area contributed by atoms with Crippen LogP contribution < -0.4 is 5.32 Å². The van der Waals surface area contributed by atoms with Gasteiger partial charge in [-0.1, -0.05) is 35.5 Å². The molecule has 1 aromatic heterocycles. The monoisotopic (exact) mass is 339 g/mol. The molecule has 2 fully saturated rings. The van der Waals surface area contributed by atoms with Crippen LogP contribution in [0.1, 0.15) is 53.9 Å². The van der Waals surface area contributed by atoms with E-state index in [0.29, 0.717) is 17.5 Å². The van der Waals surface area contributed by atoms with Gasteiger partial charge in [0.2, 0.25) is 0 Å². The SMILES string of the molecule is CC(NC(=O)c1cc(C2CC2)on1)C1CCN(Cc2ccccc2)C1. The molecule has 2 atom stereocenters. The first-order valence-corrected chi connectivity index (χ1v) is 9.23. The summed E-state index contributed by atoms with van der Waals surface area (Å²) in [6, 6.07) is 12.5. The van der Waals surface area contributed by atoms with Crippen LogP contribution in [0, 0.1) is 5.92 Å². The van der Waals surface area contributed by atoms with Gasteiger partial charge in [0.05, 0.1) is 0 Å². The highest BCUT2D eigenvalue weighted by molar-refractivity contribution is 5.92. The Balaban J connectivity index is 1.29. The number of hydrogen-bond donors (Lipinski definition) is 1. The van der Waals surface area contributed by atoms with Gasteiger partial charge in [-0.3, -0.25) is 9.69 Å². The second-order valence-electron chi connectivity index (χ2n) is 7.42. The predicted octanol–water partition coefficient (Wildman–Crippen LogP) is 3.19. The van der Waals surface area contributed by atoms with Crippen molar-refractivity contribution in [2.75, 3.05) is 13.1 Å². The van der Waals surface area contributed by atoms with Crippen LogP contribution in [-0.2, 0) is 6.54 Å². The van der Waals surface area contributed by atoms with E-state index < -0.39 is 0 Å². The maximum absolute atomic E-state index is 12.4. The zero-order valence-corrected chi connectivity index (χ0v) is 14.6. The van der Waals surface area contributed by atoms with Crippen LogP contribution in [0.5, 0.6) is 0 Å². The van der Waals surface area contributed by atoms with Crippen LogP contribution in [-0.4, -0.2) is 35.1 Å². The lowest BCUT2D eigenvalue weighted by molar-refractivity contribution is 0.0917. The number of nitrogens with zero attached hydrogens (tertiary/aromatic N) is 2. The lowest BCUT2D eigenvalue weighted by Gasteiger charge is -2.21. The zero-order chi connectivity index (χ0) is 17.2. The van der Waals surface area contributed by atoms with Crippen molar-refractivity contribution in [2.24, 2.45) is 5.92 Å². The molecule has 4 rings (SSSR count). The quantitative estimate of drug-likeness (QED) is 0.878. The highest BCUT2D eigenvalue weighted by Gasteiger charge is 2.31. The standard InChI is InChI=1S/C20H25N3O2/c1-14(21-20(24)18-11-19(25-22-18)16-7-8-16)17-9-10-23(13-17)12-15-5-3-2-4-6-15/h2-6,11,14,16-17H,7-10,12-13H2,1H3,(H,21,24). The molecule has 1 aliphatic carbocycles. The Morgan fingerprint density at radius 1 is 1.32 bits per heavy atom. The molecule has 1 aromatic carbocycles. The summed E-state index contributed by atoms with van der Waals surface area (Å²) in [5.74, 6) is 1.69. The van der Waals surface area contributed by atoms with Gasteiger partial charge in [0.15, 0.2) is 5.69 Å².